The Hall–Kier alpha value is -1.66. The maximum absolute atomic E-state index is 11.9. The van der Waals surface area contributed by atoms with Crippen LogP contribution in [0.1, 0.15) is 23.3 Å². The molecule has 0 atom stereocenters. The van der Waals surface area contributed by atoms with Gasteiger partial charge in [0.05, 0.1) is 3.79 Å². The van der Waals surface area contributed by atoms with E-state index >= 15 is 0 Å². The van der Waals surface area contributed by atoms with Gasteiger partial charge in [-0.3, -0.25) is 4.79 Å². The molecular weight excluding hydrogens is 374 g/mol. The van der Waals surface area contributed by atoms with E-state index in [2.05, 4.69) is 37.2 Å². The highest BCUT2D eigenvalue weighted by Gasteiger charge is 2.13. The molecule has 0 radical (unpaired) electrons. The highest BCUT2D eigenvalue weighted by Crippen LogP contribution is 2.23. The van der Waals surface area contributed by atoms with E-state index in [1.807, 2.05) is 30.5 Å². The molecule has 120 valence electrons. The lowest BCUT2D eigenvalue weighted by Crippen LogP contribution is -2.22. The van der Waals surface area contributed by atoms with Crippen LogP contribution >= 0.6 is 27.3 Å². The van der Waals surface area contributed by atoms with Gasteiger partial charge in [-0.25, -0.2) is 4.98 Å². The van der Waals surface area contributed by atoms with Gasteiger partial charge in [-0.1, -0.05) is 0 Å². The molecule has 1 fully saturated rings. The average Bonchev–Trinajstić information content (AvgIpc) is 3.23. The first-order chi connectivity index (χ1) is 11.2. The van der Waals surface area contributed by atoms with Gasteiger partial charge in [0.1, 0.15) is 5.82 Å². The first-order valence-corrected chi connectivity index (χ1v) is 9.23. The van der Waals surface area contributed by atoms with Gasteiger partial charge in [0.15, 0.2) is 0 Å². The molecule has 0 bridgehead atoms. The number of anilines is 1. The quantitative estimate of drug-likeness (QED) is 0.787. The molecule has 2 aromatic heterocycles. The minimum Gasteiger partial charge on any atom is -0.357 e. The van der Waals surface area contributed by atoms with Crippen molar-refractivity contribution in [3.05, 3.63) is 50.8 Å². The van der Waals surface area contributed by atoms with Crippen molar-refractivity contribution in [1.82, 2.24) is 10.3 Å². The number of amides is 1. The van der Waals surface area contributed by atoms with Crippen molar-refractivity contribution in [2.75, 3.05) is 18.0 Å². The summed E-state index contributed by atoms with van der Waals surface area (Å²) in [5, 5.41) is 2.91. The summed E-state index contributed by atoms with van der Waals surface area (Å²) in [6.45, 7) is 2.66. The number of rotatable bonds is 5. The van der Waals surface area contributed by atoms with Crippen LogP contribution < -0.4 is 10.2 Å². The first-order valence-electron chi connectivity index (χ1n) is 7.62. The second-order valence-electron chi connectivity index (χ2n) is 5.41. The second kappa shape index (κ2) is 7.75. The standard InChI is InChI=1S/C17H18BrN3OS/c18-15-5-3-14(23-15)4-6-17(22)20-12-13-7-8-19-16(11-13)21-9-1-2-10-21/h3-8,11H,1-2,9-10,12H2,(H,20,22)/b6-4+. The van der Waals surface area contributed by atoms with Crippen LogP contribution in [-0.4, -0.2) is 24.0 Å². The number of thiophene rings is 1. The molecule has 2 aromatic rings. The third-order valence-corrected chi connectivity index (χ3v) is 5.29. The maximum Gasteiger partial charge on any atom is 0.244 e. The lowest BCUT2D eigenvalue weighted by atomic mass is 10.2. The SMILES string of the molecule is O=C(/C=C/c1ccc(Br)s1)NCc1ccnc(N2CCCC2)c1. The van der Waals surface area contributed by atoms with Crippen LogP contribution in [0.25, 0.3) is 6.08 Å². The molecule has 6 heteroatoms. The smallest absolute Gasteiger partial charge is 0.244 e. The van der Waals surface area contributed by atoms with E-state index in [0.29, 0.717) is 6.54 Å². The number of halogens is 1. The molecule has 0 aliphatic carbocycles. The molecule has 3 rings (SSSR count). The molecule has 1 amide bonds. The molecule has 1 aliphatic heterocycles. The van der Waals surface area contributed by atoms with Gasteiger partial charge in [-0.2, -0.15) is 0 Å². The number of aromatic nitrogens is 1. The van der Waals surface area contributed by atoms with E-state index in [9.17, 15) is 4.79 Å². The van der Waals surface area contributed by atoms with Gasteiger partial charge in [-0.15, -0.1) is 11.3 Å². The molecule has 4 nitrogen and oxygen atoms in total. The van der Waals surface area contributed by atoms with Crippen LogP contribution in [0.3, 0.4) is 0 Å². The van der Waals surface area contributed by atoms with Crippen molar-refractivity contribution < 1.29 is 4.79 Å². The van der Waals surface area contributed by atoms with Crippen molar-refractivity contribution in [3.63, 3.8) is 0 Å². The monoisotopic (exact) mass is 391 g/mol. The van der Waals surface area contributed by atoms with Crippen molar-refractivity contribution in [3.8, 4) is 0 Å². The summed E-state index contributed by atoms with van der Waals surface area (Å²) in [6, 6.07) is 7.95. The minimum absolute atomic E-state index is 0.0888. The molecule has 1 N–H and O–H groups in total. The zero-order valence-corrected chi connectivity index (χ0v) is 15.1. The number of hydrogen-bond donors (Lipinski definition) is 1. The molecule has 23 heavy (non-hydrogen) atoms. The first kappa shape index (κ1) is 16.2. The van der Waals surface area contributed by atoms with Gasteiger partial charge in [-0.05, 0) is 64.7 Å². The van der Waals surface area contributed by atoms with Crippen molar-refractivity contribution in [2.24, 2.45) is 0 Å². The Kier molecular flexibility index (Phi) is 5.46. The van der Waals surface area contributed by atoms with Crippen molar-refractivity contribution in [1.29, 1.82) is 0 Å². The fourth-order valence-corrected chi connectivity index (χ4v) is 3.84. The van der Waals surface area contributed by atoms with E-state index in [-0.39, 0.29) is 5.91 Å². The van der Waals surface area contributed by atoms with Crippen LogP contribution in [0.4, 0.5) is 5.82 Å². The van der Waals surface area contributed by atoms with E-state index in [4.69, 9.17) is 0 Å². The summed E-state index contributed by atoms with van der Waals surface area (Å²) in [5.74, 6) is 0.919. The third-order valence-electron chi connectivity index (χ3n) is 3.70. The summed E-state index contributed by atoms with van der Waals surface area (Å²) in [6.07, 6.45) is 7.67. The lowest BCUT2D eigenvalue weighted by molar-refractivity contribution is -0.116. The fraction of sp³-hybridized carbons (Fsp3) is 0.294. The second-order valence-corrected chi connectivity index (χ2v) is 7.90. The fourth-order valence-electron chi connectivity index (χ4n) is 2.51. The van der Waals surface area contributed by atoms with Gasteiger partial charge >= 0.3 is 0 Å². The molecular formula is C17H18BrN3OS. The van der Waals surface area contributed by atoms with Crippen LogP contribution in [0.2, 0.25) is 0 Å². The Morgan fingerprint density at radius 3 is 2.91 bits per heavy atom. The summed E-state index contributed by atoms with van der Waals surface area (Å²) in [4.78, 5) is 19.7. The predicted molar refractivity (Wildman–Crippen MR) is 98.6 cm³/mol. The summed E-state index contributed by atoms with van der Waals surface area (Å²) in [7, 11) is 0. The summed E-state index contributed by atoms with van der Waals surface area (Å²) >= 11 is 5.01. The number of nitrogens with zero attached hydrogens (tertiary/aromatic N) is 2. The van der Waals surface area contributed by atoms with Gasteiger partial charge in [0.25, 0.3) is 0 Å². The normalized spacial score (nSPS) is 14.6. The number of carbonyl (C=O) groups is 1. The predicted octanol–water partition coefficient (Wildman–Crippen LogP) is 3.84. The number of hydrogen-bond acceptors (Lipinski definition) is 4. The van der Waals surface area contributed by atoms with Crippen molar-refractivity contribution >= 4 is 45.1 Å². The van der Waals surface area contributed by atoms with Crippen LogP contribution in [-0.2, 0) is 11.3 Å². The Morgan fingerprint density at radius 2 is 2.17 bits per heavy atom. The Morgan fingerprint density at radius 1 is 1.35 bits per heavy atom. The number of carbonyl (C=O) groups excluding carboxylic acids is 1. The summed E-state index contributed by atoms with van der Waals surface area (Å²) < 4.78 is 1.06. The molecule has 1 saturated heterocycles. The van der Waals surface area contributed by atoms with Gasteiger partial charge in [0.2, 0.25) is 5.91 Å². The van der Waals surface area contributed by atoms with E-state index < -0.39 is 0 Å². The van der Waals surface area contributed by atoms with Crippen LogP contribution in [0, 0.1) is 0 Å². The molecule has 1 aliphatic rings. The molecule has 0 saturated carbocycles. The lowest BCUT2D eigenvalue weighted by Gasteiger charge is -2.16. The summed E-state index contributed by atoms with van der Waals surface area (Å²) in [5.41, 5.74) is 1.07. The number of pyridine rings is 1. The zero-order chi connectivity index (χ0) is 16.1. The van der Waals surface area contributed by atoms with E-state index in [1.54, 1.807) is 17.4 Å². The molecule has 0 aromatic carbocycles. The van der Waals surface area contributed by atoms with Gasteiger partial charge < -0.3 is 10.2 Å². The average molecular weight is 392 g/mol. The van der Waals surface area contributed by atoms with Gasteiger partial charge in [0, 0.05) is 36.8 Å². The Balaban J connectivity index is 1.54. The molecule has 3 heterocycles. The molecule has 0 unspecified atom stereocenters. The molecule has 0 spiro atoms. The minimum atomic E-state index is -0.0888. The Bertz CT molecular complexity index is 707. The Labute approximate surface area is 148 Å². The maximum atomic E-state index is 11.9. The van der Waals surface area contributed by atoms with Crippen LogP contribution in [0.15, 0.2) is 40.3 Å². The largest absolute Gasteiger partial charge is 0.357 e. The number of nitrogens with one attached hydrogen (secondary N) is 1. The highest BCUT2D eigenvalue weighted by atomic mass is 79.9. The zero-order valence-electron chi connectivity index (χ0n) is 12.7. The van der Waals surface area contributed by atoms with Crippen LogP contribution in [0.5, 0.6) is 0 Å². The topological polar surface area (TPSA) is 45.2 Å². The highest BCUT2D eigenvalue weighted by molar-refractivity contribution is 9.11. The van der Waals surface area contributed by atoms with E-state index in [0.717, 1.165) is 33.1 Å². The third kappa shape index (κ3) is 4.65. The van der Waals surface area contributed by atoms with E-state index in [1.165, 1.54) is 12.8 Å². The van der Waals surface area contributed by atoms with Crippen molar-refractivity contribution in [2.45, 2.75) is 19.4 Å².